The monoisotopic (exact) mass is 286 g/mol. The van der Waals surface area contributed by atoms with E-state index in [1.165, 1.54) is 24.7 Å². The van der Waals surface area contributed by atoms with Crippen LogP contribution in [-0.4, -0.2) is 21.1 Å². The van der Waals surface area contributed by atoms with Crippen molar-refractivity contribution >= 4 is 5.91 Å². The maximum atomic E-state index is 12.0. The Labute approximate surface area is 125 Å². The minimum atomic E-state index is -0.163. The van der Waals surface area contributed by atoms with Gasteiger partial charge >= 0.3 is 0 Å². The third kappa shape index (κ3) is 4.70. The second-order valence-electron chi connectivity index (χ2n) is 5.26. The number of aromatic nitrogens is 3. The average molecular weight is 286 g/mol. The van der Waals surface area contributed by atoms with Gasteiger partial charge in [-0.25, -0.2) is 4.98 Å². The van der Waals surface area contributed by atoms with Crippen LogP contribution in [0.15, 0.2) is 30.6 Å². The van der Waals surface area contributed by atoms with Crippen LogP contribution in [0.3, 0.4) is 0 Å². The zero-order valence-electron chi connectivity index (χ0n) is 12.6. The third-order valence-corrected chi connectivity index (χ3v) is 3.43. The van der Waals surface area contributed by atoms with E-state index in [2.05, 4.69) is 39.6 Å². The number of carbonyl (C=O) groups excluding carboxylic acids is 1. The van der Waals surface area contributed by atoms with Crippen molar-refractivity contribution in [2.24, 2.45) is 0 Å². The van der Waals surface area contributed by atoms with Crippen LogP contribution >= 0.6 is 0 Å². The molecule has 0 bridgehead atoms. The molecular formula is C16H22N4O. The quantitative estimate of drug-likeness (QED) is 0.821. The maximum absolute atomic E-state index is 12.0. The molecule has 0 aliphatic heterocycles. The van der Waals surface area contributed by atoms with E-state index in [9.17, 15) is 4.79 Å². The van der Waals surface area contributed by atoms with Crippen molar-refractivity contribution in [3.63, 3.8) is 0 Å². The molecule has 21 heavy (non-hydrogen) atoms. The Morgan fingerprint density at radius 2 is 2.00 bits per heavy atom. The van der Waals surface area contributed by atoms with Crippen molar-refractivity contribution in [3.05, 3.63) is 47.5 Å². The smallest absolute Gasteiger partial charge is 0.224 e. The lowest BCUT2D eigenvalue weighted by molar-refractivity contribution is -0.121. The summed E-state index contributed by atoms with van der Waals surface area (Å²) in [6.45, 7) is 4.07. The first kappa shape index (κ1) is 15.2. The summed E-state index contributed by atoms with van der Waals surface area (Å²) in [4.78, 5) is 16.0. The molecule has 2 rings (SSSR count). The summed E-state index contributed by atoms with van der Waals surface area (Å²) in [7, 11) is 0. The molecule has 1 atom stereocenters. The van der Waals surface area contributed by atoms with Crippen molar-refractivity contribution in [2.75, 3.05) is 0 Å². The summed E-state index contributed by atoms with van der Waals surface area (Å²) < 4.78 is 0. The highest BCUT2D eigenvalue weighted by Gasteiger charge is 2.12. The number of rotatable bonds is 7. The summed E-state index contributed by atoms with van der Waals surface area (Å²) in [5, 5.41) is 9.45. The fourth-order valence-electron chi connectivity index (χ4n) is 2.17. The Morgan fingerprint density at radius 3 is 2.62 bits per heavy atom. The Morgan fingerprint density at radius 1 is 1.29 bits per heavy atom. The third-order valence-electron chi connectivity index (χ3n) is 3.43. The van der Waals surface area contributed by atoms with E-state index in [-0.39, 0.29) is 11.9 Å². The Kier molecular flexibility index (Phi) is 5.49. The van der Waals surface area contributed by atoms with Gasteiger partial charge in [0.25, 0.3) is 0 Å². The lowest BCUT2D eigenvalue weighted by Crippen LogP contribution is -2.28. The number of amides is 1. The van der Waals surface area contributed by atoms with Crippen LogP contribution in [0, 0.1) is 0 Å². The van der Waals surface area contributed by atoms with Gasteiger partial charge in [-0.2, -0.15) is 5.10 Å². The van der Waals surface area contributed by atoms with Crippen LogP contribution in [-0.2, 0) is 17.6 Å². The van der Waals surface area contributed by atoms with Crippen molar-refractivity contribution in [3.8, 4) is 0 Å². The molecule has 112 valence electrons. The molecule has 0 fully saturated rings. The summed E-state index contributed by atoms with van der Waals surface area (Å²) in [6.07, 6.45) is 5.32. The van der Waals surface area contributed by atoms with Crippen molar-refractivity contribution in [1.82, 2.24) is 20.5 Å². The molecule has 5 nitrogen and oxygen atoms in total. The molecule has 1 unspecified atom stereocenters. The van der Waals surface area contributed by atoms with E-state index < -0.39 is 0 Å². The highest BCUT2D eigenvalue weighted by atomic mass is 16.1. The van der Waals surface area contributed by atoms with E-state index >= 15 is 0 Å². The summed E-state index contributed by atoms with van der Waals surface area (Å²) >= 11 is 0. The zero-order chi connectivity index (χ0) is 15.1. The highest BCUT2D eigenvalue weighted by Crippen LogP contribution is 2.10. The summed E-state index contributed by atoms with van der Waals surface area (Å²) in [5.74, 6) is 0.651. The van der Waals surface area contributed by atoms with Gasteiger partial charge in [-0.1, -0.05) is 37.6 Å². The van der Waals surface area contributed by atoms with E-state index in [0.29, 0.717) is 12.2 Å². The summed E-state index contributed by atoms with van der Waals surface area (Å²) in [5.41, 5.74) is 2.36. The van der Waals surface area contributed by atoms with Crippen LogP contribution in [0.5, 0.6) is 0 Å². The predicted octanol–water partition coefficient (Wildman–Crippen LogP) is 2.57. The standard InChI is InChI=1S/C16H22N4O/c1-3-4-5-13-6-8-14(9-7-13)10-15(21)19-12(2)16-17-11-18-20-16/h6-9,11-12H,3-5,10H2,1-2H3,(H,19,21)(H,17,18,20). The van der Waals surface area contributed by atoms with E-state index in [4.69, 9.17) is 0 Å². The molecule has 2 N–H and O–H groups in total. The number of benzene rings is 1. The number of hydrogen-bond donors (Lipinski definition) is 2. The van der Waals surface area contributed by atoms with Crippen LogP contribution in [0.1, 0.15) is 49.7 Å². The van der Waals surface area contributed by atoms with Gasteiger partial charge in [-0.05, 0) is 30.9 Å². The first-order valence-electron chi connectivity index (χ1n) is 7.41. The first-order valence-corrected chi connectivity index (χ1v) is 7.41. The van der Waals surface area contributed by atoms with Gasteiger partial charge in [0.2, 0.25) is 5.91 Å². The normalized spacial score (nSPS) is 12.1. The van der Waals surface area contributed by atoms with Gasteiger partial charge in [0.15, 0.2) is 0 Å². The lowest BCUT2D eigenvalue weighted by Gasteiger charge is -2.11. The molecule has 1 amide bonds. The molecule has 2 aromatic rings. The van der Waals surface area contributed by atoms with Gasteiger partial charge in [-0.15, -0.1) is 0 Å². The summed E-state index contributed by atoms with van der Waals surface area (Å²) in [6, 6.07) is 8.12. The predicted molar refractivity (Wildman–Crippen MR) is 81.7 cm³/mol. The number of unbranched alkanes of at least 4 members (excludes halogenated alkanes) is 1. The zero-order valence-corrected chi connectivity index (χ0v) is 12.6. The van der Waals surface area contributed by atoms with Gasteiger partial charge < -0.3 is 5.32 Å². The number of hydrogen-bond acceptors (Lipinski definition) is 3. The number of aryl methyl sites for hydroxylation is 1. The second-order valence-corrected chi connectivity index (χ2v) is 5.26. The Balaban J connectivity index is 1.84. The maximum Gasteiger partial charge on any atom is 0.224 e. The van der Waals surface area contributed by atoms with E-state index in [1.54, 1.807) is 0 Å². The molecule has 1 aromatic carbocycles. The van der Waals surface area contributed by atoms with Gasteiger partial charge in [0.1, 0.15) is 12.2 Å². The largest absolute Gasteiger partial charge is 0.346 e. The molecule has 5 heteroatoms. The fraction of sp³-hybridized carbons (Fsp3) is 0.438. The first-order chi connectivity index (χ1) is 10.2. The van der Waals surface area contributed by atoms with Crippen LogP contribution in [0.4, 0.5) is 0 Å². The van der Waals surface area contributed by atoms with Gasteiger partial charge in [-0.3, -0.25) is 9.89 Å². The SMILES string of the molecule is CCCCc1ccc(CC(=O)NC(C)c2ncn[nH]2)cc1. The number of nitrogens with zero attached hydrogens (tertiary/aromatic N) is 2. The molecule has 0 spiro atoms. The Hall–Kier alpha value is -2.17. The second kappa shape index (κ2) is 7.57. The molecule has 0 saturated carbocycles. The number of nitrogens with one attached hydrogen (secondary N) is 2. The molecule has 0 aliphatic carbocycles. The van der Waals surface area contributed by atoms with Gasteiger partial charge in [0, 0.05) is 0 Å². The van der Waals surface area contributed by atoms with Crippen molar-refractivity contribution in [2.45, 2.75) is 45.6 Å². The number of carbonyl (C=O) groups is 1. The lowest BCUT2D eigenvalue weighted by atomic mass is 10.0. The van der Waals surface area contributed by atoms with Gasteiger partial charge in [0.05, 0.1) is 12.5 Å². The van der Waals surface area contributed by atoms with E-state index in [1.807, 2.05) is 19.1 Å². The van der Waals surface area contributed by atoms with E-state index in [0.717, 1.165) is 12.0 Å². The molecule has 1 aromatic heterocycles. The molecule has 0 radical (unpaired) electrons. The average Bonchev–Trinajstić information content (AvgIpc) is 3.01. The minimum Gasteiger partial charge on any atom is -0.346 e. The van der Waals surface area contributed by atoms with Crippen molar-refractivity contribution in [1.29, 1.82) is 0 Å². The Bertz CT molecular complexity index is 548. The molecule has 1 heterocycles. The molecule has 0 saturated heterocycles. The fourth-order valence-corrected chi connectivity index (χ4v) is 2.17. The number of aromatic amines is 1. The van der Waals surface area contributed by atoms with Crippen LogP contribution in [0.25, 0.3) is 0 Å². The number of H-pyrrole nitrogens is 1. The van der Waals surface area contributed by atoms with Crippen LogP contribution < -0.4 is 5.32 Å². The van der Waals surface area contributed by atoms with Crippen molar-refractivity contribution < 1.29 is 4.79 Å². The minimum absolute atomic E-state index is 0.0137. The van der Waals surface area contributed by atoms with Crippen LogP contribution in [0.2, 0.25) is 0 Å². The molecular weight excluding hydrogens is 264 g/mol. The highest BCUT2D eigenvalue weighted by molar-refractivity contribution is 5.78. The topological polar surface area (TPSA) is 70.7 Å². The molecule has 0 aliphatic rings.